The Morgan fingerprint density at radius 1 is 1.39 bits per heavy atom. The molecule has 1 N–H and O–H groups in total. The number of carbonyl (C=O) groups excluding carboxylic acids is 1. The molecule has 0 saturated carbocycles. The molecular formula is C20H18F2N2O3S. The van der Waals surface area contributed by atoms with E-state index < -0.39 is 23.7 Å². The van der Waals surface area contributed by atoms with Gasteiger partial charge in [-0.15, -0.1) is 11.3 Å². The van der Waals surface area contributed by atoms with E-state index in [0.29, 0.717) is 22.2 Å². The number of hydrogen-bond donors (Lipinski definition) is 1. The van der Waals surface area contributed by atoms with Crippen molar-refractivity contribution in [1.82, 2.24) is 9.97 Å². The Hall–Kier alpha value is -2.61. The number of aromatic amines is 1. The Bertz CT molecular complexity index is 1140. The molecule has 1 aromatic carbocycles. The van der Waals surface area contributed by atoms with Crippen LogP contribution in [0.25, 0.3) is 10.2 Å². The van der Waals surface area contributed by atoms with Gasteiger partial charge in [0, 0.05) is 10.9 Å². The lowest BCUT2D eigenvalue weighted by Gasteiger charge is -2.17. The molecule has 4 rings (SSSR count). The van der Waals surface area contributed by atoms with Gasteiger partial charge in [-0.3, -0.25) is 4.79 Å². The van der Waals surface area contributed by atoms with Crippen LogP contribution in [0.1, 0.15) is 53.0 Å². The molecule has 2 aromatic heterocycles. The molecule has 146 valence electrons. The van der Waals surface area contributed by atoms with E-state index in [1.54, 1.807) is 6.92 Å². The molecule has 3 aromatic rings. The van der Waals surface area contributed by atoms with Gasteiger partial charge in [-0.1, -0.05) is 6.92 Å². The van der Waals surface area contributed by atoms with Gasteiger partial charge in [-0.2, -0.15) is 0 Å². The fourth-order valence-electron chi connectivity index (χ4n) is 3.49. The Morgan fingerprint density at radius 3 is 2.93 bits per heavy atom. The summed E-state index contributed by atoms with van der Waals surface area (Å²) in [6, 6.07) is 2.62. The molecule has 0 radical (unpaired) electrons. The Labute approximate surface area is 163 Å². The number of carbonyl (C=O) groups is 1. The summed E-state index contributed by atoms with van der Waals surface area (Å²) in [6.45, 7) is 3.73. The molecule has 8 heteroatoms. The largest absolute Gasteiger partial charge is 0.451 e. The molecule has 0 spiro atoms. The van der Waals surface area contributed by atoms with Gasteiger partial charge in [-0.05, 0) is 49.8 Å². The minimum absolute atomic E-state index is 0.194. The van der Waals surface area contributed by atoms with Crippen molar-refractivity contribution < 1.29 is 18.3 Å². The van der Waals surface area contributed by atoms with Gasteiger partial charge in [0.2, 0.25) is 0 Å². The molecule has 2 heterocycles. The van der Waals surface area contributed by atoms with Crippen LogP contribution < -0.4 is 5.56 Å². The lowest BCUT2D eigenvalue weighted by Crippen LogP contribution is -2.18. The summed E-state index contributed by atoms with van der Waals surface area (Å²) >= 11 is 1.50. The van der Waals surface area contributed by atoms with Crippen molar-refractivity contribution in [1.29, 1.82) is 0 Å². The first-order chi connectivity index (χ1) is 13.3. The number of nitrogens with zero attached hydrogens (tertiary/aromatic N) is 1. The summed E-state index contributed by atoms with van der Waals surface area (Å²) in [5, 5.41) is 0.610. The first kappa shape index (κ1) is 18.7. The zero-order valence-corrected chi connectivity index (χ0v) is 16.2. The van der Waals surface area contributed by atoms with Crippen molar-refractivity contribution in [2.45, 2.75) is 39.2 Å². The number of aromatic nitrogens is 2. The molecule has 0 fully saturated rings. The minimum atomic E-state index is -1.01. The zero-order valence-electron chi connectivity index (χ0n) is 15.3. The maximum Gasteiger partial charge on any atom is 0.341 e. The van der Waals surface area contributed by atoms with Crippen molar-refractivity contribution in [3.8, 4) is 0 Å². The van der Waals surface area contributed by atoms with Gasteiger partial charge < -0.3 is 9.72 Å². The normalized spacial score (nSPS) is 17.4. The van der Waals surface area contributed by atoms with E-state index in [4.69, 9.17) is 4.74 Å². The van der Waals surface area contributed by atoms with Gasteiger partial charge in [0.25, 0.3) is 5.56 Å². The fourth-order valence-corrected chi connectivity index (χ4v) is 4.88. The summed E-state index contributed by atoms with van der Waals surface area (Å²) in [5.74, 6) is -1.97. The third-order valence-corrected chi connectivity index (χ3v) is 6.15. The van der Waals surface area contributed by atoms with Crippen LogP contribution in [0.2, 0.25) is 0 Å². The molecule has 0 saturated heterocycles. The third-order valence-electron chi connectivity index (χ3n) is 5.00. The van der Waals surface area contributed by atoms with E-state index >= 15 is 0 Å². The number of aryl methyl sites for hydroxylation is 1. The van der Waals surface area contributed by atoms with Crippen molar-refractivity contribution in [3.05, 3.63) is 62.0 Å². The maximum absolute atomic E-state index is 13.8. The second-order valence-corrected chi connectivity index (χ2v) is 8.24. The van der Waals surface area contributed by atoms with Crippen LogP contribution in [0.4, 0.5) is 8.78 Å². The van der Waals surface area contributed by atoms with Gasteiger partial charge in [0.05, 0.1) is 10.9 Å². The quantitative estimate of drug-likeness (QED) is 0.661. The summed E-state index contributed by atoms with van der Waals surface area (Å²) in [5.41, 5.74) is 0.427. The van der Waals surface area contributed by atoms with Crippen LogP contribution in [0.5, 0.6) is 0 Å². The number of H-pyrrole nitrogens is 1. The number of ether oxygens (including phenoxy) is 1. The van der Waals surface area contributed by atoms with E-state index in [1.807, 2.05) is 0 Å². The van der Waals surface area contributed by atoms with Crippen molar-refractivity contribution in [2.24, 2.45) is 5.92 Å². The summed E-state index contributed by atoms with van der Waals surface area (Å²) in [4.78, 5) is 33.8. The van der Waals surface area contributed by atoms with Gasteiger partial charge in [-0.25, -0.2) is 18.6 Å². The molecule has 0 bridgehead atoms. The predicted octanol–water partition coefficient (Wildman–Crippen LogP) is 4.31. The highest BCUT2D eigenvalue weighted by atomic mass is 32.1. The summed E-state index contributed by atoms with van der Waals surface area (Å²) in [7, 11) is 0. The smallest absolute Gasteiger partial charge is 0.341 e. The SMILES string of the molecule is C[C@@H]1CCc2c(sc3nc([C@H](C)OC(=O)c4ccc(F)cc4F)[nH]c(=O)c23)C1. The monoisotopic (exact) mass is 404 g/mol. The molecular weight excluding hydrogens is 386 g/mol. The maximum atomic E-state index is 13.8. The highest BCUT2D eigenvalue weighted by Gasteiger charge is 2.25. The standard InChI is InChI=1S/C20H18F2N2O3S/c1-9-3-5-13-15(7-9)28-19-16(13)18(25)23-17(24-19)10(2)27-20(26)12-6-4-11(21)8-14(12)22/h4,6,8-10H,3,5,7H2,1-2H3,(H,23,24,25)/t9-,10+/m1/s1. The molecule has 2 atom stereocenters. The van der Waals surface area contributed by atoms with Crippen LogP contribution in [0.15, 0.2) is 23.0 Å². The number of fused-ring (bicyclic) bond motifs is 3. The van der Waals surface area contributed by atoms with E-state index in [-0.39, 0.29) is 16.9 Å². The topological polar surface area (TPSA) is 72.0 Å². The van der Waals surface area contributed by atoms with Gasteiger partial charge >= 0.3 is 5.97 Å². The first-order valence-electron chi connectivity index (χ1n) is 9.04. The lowest BCUT2D eigenvalue weighted by atomic mass is 9.89. The second-order valence-electron chi connectivity index (χ2n) is 7.15. The fraction of sp³-hybridized carbons (Fsp3) is 0.350. The molecule has 5 nitrogen and oxygen atoms in total. The van der Waals surface area contributed by atoms with Gasteiger partial charge in [0.15, 0.2) is 11.9 Å². The number of esters is 1. The van der Waals surface area contributed by atoms with Crippen molar-refractivity contribution in [3.63, 3.8) is 0 Å². The van der Waals surface area contributed by atoms with Crippen molar-refractivity contribution in [2.75, 3.05) is 0 Å². The van der Waals surface area contributed by atoms with Crippen molar-refractivity contribution >= 4 is 27.5 Å². The third kappa shape index (κ3) is 3.32. The first-order valence-corrected chi connectivity index (χ1v) is 9.85. The van der Waals surface area contributed by atoms with Crippen LogP contribution in [-0.2, 0) is 17.6 Å². The Kier molecular flexibility index (Phi) is 4.74. The number of hydrogen-bond acceptors (Lipinski definition) is 5. The molecule has 0 unspecified atom stereocenters. The molecule has 1 aliphatic carbocycles. The lowest BCUT2D eigenvalue weighted by molar-refractivity contribution is 0.0314. The van der Waals surface area contributed by atoms with E-state index in [0.717, 1.165) is 37.0 Å². The molecule has 0 amide bonds. The Morgan fingerprint density at radius 2 is 2.18 bits per heavy atom. The number of thiophene rings is 1. The van der Waals surface area contributed by atoms with Crippen LogP contribution in [0, 0.1) is 17.6 Å². The van der Waals surface area contributed by atoms with E-state index in [2.05, 4.69) is 16.9 Å². The highest BCUT2D eigenvalue weighted by molar-refractivity contribution is 7.18. The van der Waals surface area contributed by atoms with E-state index in [1.165, 1.54) is 16.2 Å². The van der Waals surface area contributed by atoms with Crippen LogP contribution in [-0.4, -0.2) is 15.9 Å². The van der Waals surface area contributed by atoms with Crippen LogP contribution >= 0.6 is 11.3 Å². The molecule has 28 heavy (non-hydrogen) atoms. The zero-order chi connectivity index (χ0) is 20.0. The number of halogens is 2. The predicted molar refractivity (Wildman–Crippen MR) is 102 cm³/mol. The van der Waals surface area contributed by atoms with Gasteiger partial charge in [0.1, 0.15) is 16.5 Å². The summed E-state index contributed by atoms with van der Waals surface area (Å²) in [6.07, 6.45) is 1.93. The highest BCUT2D eigenvalue weighted by Crippen LogP contribution is 2.36. The van der Waals surface area contributed by atoms with Crippen LogP contribution in [0.3, 0.4) is 0 Å². The minimum Gasteiger partial charge on any atom is -0.451 e. The second kappa shape index (κ2) is 7.09. The average Bonchev–Trinajstić information content (AvgIpc) is 2.99. The molecule has 1 aliphatic rings. The van der Waals surface area contributed by atoms with E-state index in [9.17, 15) is 18.4 Å². The number of rotatable bonds is 3. The Balaban J connectivity index is 1.63. The average molecular weight is 404 g/mol. The number of benzene rings is 1. The number of nitrogens with one attached hydrogen (secondary N) is 1. The molecule has 0 aliphatic heterocycles. The summed E-state index contributed by atoms with van der Waals surface area (Å²) < 4.78 is 32.0.